The van der Waals surface area contributed by atoms with Gasteiger partial charge in [0.2, 0.25) is 47.2 Å². The lowest BCUT2D eigenvalue weighted by Gasteiger charge is -2.25. The van der Waals surface area contributed by atoms with Crippen LogP contribution in [0.25, 0.3) is 0 Å². The van der Waals surface area contributed by atoms with Crippen molar-refractivity contribution in [3.8, 4) is 0 Å². The minimum atomic E-state index is -0.218. The van der Waals surface area contributed by atoms with Crippen LogP contribution >= 0.6 is 8.58 Å². The average Bonchev–Trinajstić information content (AvgIpc) is 4.27. The molecule has 25 heteroatoms. The zero-order valence-electron chi connectivity index (χ0n) is 48.2. The van der Waals surface area contributed by atoms with Crippen molar-refractivity contribution in [1.29, 1.82) is 0 Å². The van der Waals surface area contributed by atoms with E-state index in [1.165, 1.54) is 28.3 Å². The van der Waals surface area contributed by atoms with Gasteiger partial charge in [-0.1, -0.05) is 0 Å². The molecular weight excluding hydrogens is 1050 g/mol. The van der Waals surface area contributed by atoms with Gasteiger partial charge in [0.05, 0.1) is 39.1 Å². The highest BCUT2D eigenvalue weighted by Gasteiger charge is 2.32. The van der Waals surface area contributed by atoms with Gasteiger partial charge in [-0.15, -0.1) is 39.2 Å². The number of aliphatic hydroxyl groups is 1. The number of aldehydes is 1. The fourth-order valence-electron chi connectivity index (χ4n) is 9.91. The number of nitrogens with zero attached hydrogens (tertiary/aromatic N) is 6. The number of hydrogen-bond donors (Lipinski definition) is 4. The van der Waals surface area contributed by atoms with Crippen LogP contribution in [0, 0.1) is 56.3 Å². The summed E-state index contributed by atoms with van der Waals surface area (Å²) in [7, 11) is 6.98. The van der Waals surface area contributed by atoms with E-state index in [-0.39, 0.29) is 65.4 Å². The molecule has 5 N–H and O–H groups in total. The number of aromatic nitrogens is 6. The normalized spacial score (nSPS) is 24.9. The first-order valence-electron chi connectivity index (χ1n) is 27.5. The van der Waals surface area contributed by atoms with Crippen molar-refractivity contribution in [3.05, 3.63) is 35.3 Å². The third-order valence-corrected chi connectivity index (χ3v) is 14.5. The van der Waals surface area contributed by atoms with E-state index in [1.807, 2.05) is 12.3 Å². The predicted octanol–water partition coefficient (Wildman–Crippen LogP) is 6.84. The Balaban J connectivity index is 0.000000326. The highest BCUT2D eigenvalue weighted by molar-refractivity contribution is 7.35. The summed E-state index contributed by atoms with van der Waals surface area (Å²) in [6, 6.07) is 0. The molecule has 5 fully saturated rings. The lowest BCUT2D eigenvalue weighted by atomic mass is 9.81. The lowest BCUT2D eigenvalue weighted by Crippen LogP contribution is -2.32. The molecule has 5 saturated carbocycles. The molecule has 79 heavy (non-hydrogen) atoms. The summed E-state index contributed by atoms with van der Waals surface area (Å²) in [5, 5.41) is 35.2. The van der Waals surface area contributed by atoms with Gasteiger partial charge < -0.3 is 47.4 Å². The number of ether oxygens (including phenoxy) is 4. The second-order valence-electron chi connectivity index (χ2n) is 20.3. The number of carbonyl (C=O) groups is 7. The molecule has 0 aliphatic heterocycles. The van der Waals surface area contributed by atoms with Crippen molar-refractivity contribution < 1.29 is 70.9 Å². The number of rotatable bonds is 11. The van der Waals surface area contributed by atoms with Gasteiger partial charge in [0.25, 0.3) is 6.47 Å². The van der Waals surface area contributed by atoms with E-state index in [0.29, 0.717) is 60.3 Å². The summed E-state index contributed by atoms with van der Waals surface area (Å²) < 4.78 is 35.1. The lowest BCUT2D eigenvalue weighted by molar-refractivity contribution is -0.149. The first-order chi connectivity index (χ1) is 37.9. The number of carbonyl (C=O) groups excluding carboxylic acids is 7. The number of aliphatic hydroxyl groups excluding tert-OH is 1. The molecule has 3 aromatic heterocycles. The van der Waals surface area contributed by atoms with Crippen LogP contribution < -0.4 is 16.6 Å². The van der Waals surface area contributed by atoms with E-state index in [2.05, 4.69) is 64.6 Å². The first kappa shape index (κ1) is 69.4. The number of aryl methyl sites for hydroxylation is 3. The Morgan fingerprint density at radius 1 is 0.570 bits per heavy atom. The molecule has 24 nitrogen and oxygen atoms in total. The topological polar surface area (TPSA) is 343 Å². The van der Waals surface area contributed by atoms with Gasteiger partial charge in [0.15, 0.2) is 0 Å². The molecule has 0 bridgehead atoms. The van der Waals surface area contributed by atoms with E-state index >= 15 is 0 Å². The molecule has 0 unspecified atom stereocenters. The second-order valence-corrected chi connectivity index (χ2v) is 21.3. The van der Waals surface area contributed by atoms with E-state index in [9.17, 15) is 33.6 Å². The molecule has 3 heterocycles. The molecule has 0 saturated heterocycles. The van der Waals surface area contributed by atoms with Crippen LogP contribution in [-0.2, 0) is 52.5 Å². The summed E-state index contributed by atoms with van der Waals surface area (Å²) in [4.78, 5) is 75.1. The maximum Gasteiger partial charge on any atom is 0.308 e. The average molecular weight is 1140 g/mol. The minimum Gasteiger partial charge on any atom is -0.469 e. The van der Waals surface area contributed by atoms with E-state index in [4.69, 9.17) is 27.8 Å². The van der Waals surface area contributed by atoms with E-state index in [1.54, 1.807) is 20.9 Å². The quantitative estimate of drug-likeness (QED) is 0.0290. The Hall–Kier alpha value is -5.74. The molecular formula is C54H90N9O15P. The van der Waals surface area contributed by atoms with E-state index in [0.717, 1.165) is 155 Å². The largest absolute Gasteiger partial charge is 0.469 e. The second kappa shape index (κ2) is 39.6. The zero-order valence-corrected chi connectivity index (χ0v) is 49.2. The Labute approximate surface area is 466 Å². The van der Waals surface area contributed by atoms with Gasteiger partial charge in [-0.05, 0) is 148 Å². The van der Waals surface area contributed by atoms with Gasteiger partial charge in [-0.3, -0.25) is 34.2 Å². The third-order valence-electron chi connectivity index (χ3n) is 14.5. The molecule has 8 rings (SSSR count). The Morgan fingerprint density at radius 3 is 1.16 bits per heavy atom. The van der Waals surface area contributed by atoms with Crippen LogP contribution in [-0.4, -0.2) is 133 Å². The van der Waals surface area contributed by atoms with Crippen molar-refractivity contribution >= 4 is 51.1 Å². The molecule has 0 spiro atoms. The van der Waals surface area contributed by atoms with Crippen molar-refractivity contribution in [1.82, 2.24) is 41.3 Å². The predicted molar refractivity (Wildman–Crippen MR) is 291 cm³/mol. The number of nitrogens with one attached hydrogen (secondary N) is 2. The molecule has 3 aromatic rings. The maximum atomic E-state index is 11.3. The molecule has 446 valence electrons. The maximum absolute atomic E-state index is 11.3. The van der Waals surface area contributed by atoms with Gasteiger partial charge in [-0.2, -0.15) is 0 Å². The molecule has 2 amide bonds. The summed E-state index contributed by atoms with van der Waals surface area (Å²) in [6.07, 6.45) is 18.9. The van der Waals surface area contributed by atoms with Crippen LogP contribution in [0.1, 0.15) is 188 Å². The molecule has 0 radical (unpaired) electrons. The highest BCUT2D eigenvalue weighted by Crippen LogP contribution is 2.37. The molecule has 0 aromatic carbocycles. The van der Waals surface area contributed by atoms with Gasteiger partial charge in [-0.25, -0.2) is 5.84 Å². The van der Waals surface area contributed by atoms with Crippen molar-refractivity contribution in [2.24, 2.45) is 41.4 Å². The van der Waals surface area contributed by atoms with E-state index < -0.39 is 0 Å². The Kier molecular flexibility index (Phi) is 34.8. The van der Waals surface area contributed by atoms with Crippen LogP contribution in [0.5, 0.6) is 0 Å². The van der Waals surface area contributed by atoms with Crippen molar-refractivity contribution in [3.63, 3.8) is 0 Å². The number of amides is 2. The number of hydrazine groups is 1. The van der Waals surface area contributed by atoms with Crippen LogP contribution in [0.15, 0.2) is 13.3 Å². The number of methoxy groups -OCH3 is 3. The van der Waals surface area contributed by atoms with Crippen LogP contribution in [0.3, 0.4) is 0 Å². The highest BCUT2D eigenvalue weighted by atomic mass is 31.1. The standard InChI is InChI=1S/C11H16N2O3.C10H16N2O2.C10H14N2O2.C10H17NO3.C9H14O4.C2H6N2O.C2H7P/c1-7-12-13-10(16-7)8-3-5-9(6-4-8)11(14)15-2;2*1-7-11-12-10(14-7)9-4-2-8(6-13)3-5-9;1-11-9(12)7-3-5-8(6-4-7)10(13)14-2;1-12-9(11)7-2-4-8(5-3-7)13-6-10;1-2(5)4-3;1-3-2/h8-9H,3-6H2,1-2H3;8-9,13H,2-6H2,1H3;6,8-9H,2-5H2,1H3;7-8H,3-6H2,1-2H3,(H,11,12);6-8H,2-5H2,1H3;3H2,1H3,(H,4,5);3H,1-2H3. The van der Waals surface area contributed by atoms with Crippen LogP contribution in [0.2, 0.25) is 0 Å². The minimum absolute atomic E-state index is 0.000839. The molecule has 5 aliphatic rings. The van der Waals surface area contributed by atoms with Gasteiger partial charge in [0.1, 0.15) is 12.4 Å². The van der Waals surface area contributed by atoms with Crippen molar-refractivity contribution in [2.45, 2.75) is 180 Å². The Morgan fingerprint density at radius 2 is 0.886 bits per heavy atom. The van der Waals surface area contributed by atoms with Crippen molar-refractivity contribution in [2.75, 3.05) is 48.3 Å². The number of nitrogens with two attached hydrogens (primary N) is 1. The third kappa shape index (κ3) is 26.4. The monoisotopic (exact) mass is 1140 g/mol. The fraction of sp³-hybridized carbons (Fsp3) is 0.759. The smallest absolute Gasteiger partial charge is 0.308 e. The SMILES string of the molecule is CC(=O)NN.CNC(=O)C1CCC(C(=O)OC)CC1.COC(=O)C1CCC(OC=O)CC1.COC(=O)C1CCC(c2nnc(C)o2)CC1.CPC.Cc1nnc(C2CCC(C=O)CC2)o1.Cc1nnc(C2CCC(CO)CC2)o1. The summed E-state index contributed by atoms with van der Waals surface area (Å²) in [6.45, 7) is 11.8. The van der Waals surface area contributed by atoms with Gasteiger partial charge >= 0.3 is 17.9 Å². The zero-order chi connectivity index (χ0) is 58.7. The van der Waals surface area contributed by atoms with Gasteiger partial charge in [0, 0.05) is 70.9 Å². The number of esters is 3. The molecule has 0 atom stereocenters. The first-order valence-corrected chi connectivity index (χ1v) is 29.5. The molecule has 5 aliphatic carbocycles. The number of hydrogen-bond acceptors (Lipinski definition) is 22. The summed E-state index contributed by atoms with van der Waals surface area (Å²) >= 11 is 0. The summed E-state index contributed by atoms with van der Waals surface area (Å²) in [5.74, 6) is 10.1. The fourth-order valence-corrected chi connectivity index (χ4v) is 9.91. The van der Waals surface area contributed by atoms with Crippen LogP contribution in [0.4, 0.5) is 0 Å². The Bertz CT molecular complexity index is 2160. The summed E-state index contributed by atoms with van der Waals surface area (Å²) in [5.41, 5.74) is 1.89.